The molecular weight excluding hydrogens is 314 g/mol. The monoisotopic (exact) mass is 339 g/mol. The van der Waals surface area contributed by atoms with Gasteiger partial charge in [-0.05, 0) is 42.7 Å². The standard InChI is InChI=1S/C20H25N3O2/c1-4-6-14-23(3)20(25)18-9-7-8-17(22-18)19(24)21-16-12-10-15(5-2)11-13-16/h7-13H,4-6,14H2,1-3H3,(H,21,24). The van der Waals surface area contributed by atoms with Gasteiger partial charge >= 0.3 is 0 Å². The van der Waals surface area contributed by atoms with Crippen LogP contribution in [0.25, 0.3) is 0 Å². The Morgan fingerprint density at radius 1 is 1.04 bits per heavy atom. The second-order valence-corrected chi connectivity index (χ2v) is 5.99. The van der Waals surface area contributed by atoms with Crippen LogP contribution in [0.3, 0.4) is 0 Å². The summed E-state index contributed by atoms with van der Waals surface area (Å²) in [6.07, 6.45) is 2.91. The number of hydrogen-bond acceptors (Lipinski definition) is 3. The molecule has 0 unspecified atom stereocenters. The molecule has 0 fully saturated rings. The van der Waals surface area contributed by atoms with Gasteiger partial charge in [0.2, 0.25) is 0 Å². The van der Waals surface area contributed by atoms with Gasteiger partial charge in [0.25, 0.3) is 11.8 Å². The minimum atomic E-state index is -0.324. The van der Waals surface area contributed by atoms with Gasteiger partial charge in [-0.3, -0.25) is 9.59 Å². The Labute approximate surface area is 149 Å². The number of benzene rings is 1. The molecule has 1 heterocycles. The van der Waals surface area contributed by atoms with E-state index in [9.17, 15) is 9.59 Å². The van der Waals surface area contributed by atoms with E-state index in [1.807, 2.05) is 24.3 Å². The molecule has 0 radical (unpaired) electrons. The second kappa shape index (κ2) is 8.97. The predicted octanol–water partition coefficient (Wildman–Crippen LogP) is 3.77. The zero-order valence-electron chi connectivity index (χ0n) is 15.1. The fraction of sp³-hybridized carbons (Fsp3) is 0.350. The fourth-order valence-corrected chi connectivity index (χ4v) is 2.39. The Balaban J connectivity index is 2.08. The topological polar surface area (TPSA) is 62.3 Å². The number of anilines is 1. The maximum absolute atomic E-state index is 12.4. The maximum atomic E-state index is 12.4. The minimum Gasteiger partial charge on any atom is -0.340 e. The van der Waals surface area contributed by atoms with E-state index < -0.39 is 0 Å². The lowest BCUT2D eigenvalue weighted by atomic mass is 10.1. The third kappa shape index (κ3) is 5.14. The summed E-state index contributed by atoms with van der Waals surface area (Å²) in [6.45, 7) is 4.84. The number of unbranched alkanes of at least 4 members (excludes halogenated alkanes) is 1. The van der Waals surface area contributed by atoms with E-state index in [0.717, 1.165) is 19.3 Å². The van der Waals surface area contributed by atoms with Gasteiger partial charge in [-0.1, -0.05) is 38.5 Å². The molecule has 0 aliphatic rings. The first-order valence-electron chi connectivity index (χ1n) is 8.68. The van der Waals surface area contributed by atoms with Crippen LogP contribution in [0.1, 0.15) is 53.2 Å². The number of pyridine rings is 1. The normalized spacial score (nSPS) is 10.4. The molecule has 1 aromatic heterocycles. The van der Waals surface area contributed by atoms with Crippen molar-refractivity contribution in [1.82, 2.24) is 9.88 Å². The number of amides is 2. The van der Waals surface area contributed by atoms with Crippen LogP contribution in [0.4, 0.5) is 5.69 Å². The van der Waals surface area contributed by atoms with Crippen LogP contribution in [0.15, 0.2) is 42.5 Å². The van der Waals surface area contributed by atoms with Gasteiger partial charge in [-0.15, -0.1) is 0 Å². The highest BCUT2D eigenvalue weighted by atomic mass is 16.2. The average Bonchev–Trinajstić information content (AvgIpc) is 2.66. The van der Waals surface area contributed by atoms with Crippen molar-refractivity contribution in [2.75, 3.05) is 18.9 Å². The molecule has 0 aliphatic heterocycles. The molecule has 0 aliphatic carbocycles. The summed E-state index contributed by atoms with van der Waals surface area (Å²) >= 11 is 0. The van der Waals surface area contributed by atoms with Crippen LogP contribution >= 0.6 is 0 Å². The smallest absolute Gasteiger partial charge is 0.274 e. The number of aromatic nitrogens is 1. The first-order chi connectivity index (χ1) is 12.0. The zero-order valence-corrected chi connectivity index (χ0v) is 15.1. The molecule has 25 heavy (non-hydrogen) atoms. The number of hydrogen-bond donors (Lipinski definition) is 1. The van der Waals surface area contributed by atoms with Crippen molar-refractivity contribution in [3.63, 3.8) is 0 Å². The van der Waals surface area contributed by atoms with E-state index in [1.54, 1.807) is 30.1 Å². The lowest BCUT2D eigenvalue weighted by Crippen LogP contribution is -2.29. The van der Waals surface area contributed by atoms with Gasteiger partial charge < -0.3 is 10.2 Å². The van der Waals surface area contributed by atoms with E-state index in [4.69, 9.17) is 0 Å². The zero-order chi connectivity index (χ0) is 18.2. The fourth-order valence-electron chi connectivity index (χ4n) is 2.39. The molecule has 0 saturated carbocycles. The van der Waals surface area contributed by atoms with Crippen molar-refractivity contribution in [2.45, 2.75) is 33.1 Å². The van der Waals surface area contributed by atoms with E-state index >= 15 is 0 Å². The second-order valence-electron chi connectivity index (χ2n) is 5.99. The molecule has 2 rings (SSSR count). The van der Waals surface area contributed by atoms with Crippen LogP contribution in [-0.2, 0) is 6.42 Å². The van der Waals surface area contributed by atoms with E-state index in [0.29, 0.717) is 12.2 Å². The van der Waals surface area contributed by atoms with Gasteiger partial charge in [0.05, 0.1) is 0 Å². The van der Waals surface area contributed by atoms with Crippen LogP contribution in [0.2, 0.25) is 0 Å². The molecule has 5 heteroatoms. The largest absolute Gasteiger partial charge is 0.340 e. The maximum Gasteiger partial charge on any atom is 0.274 e. The molecule has 1 N–H and O–H groups in total. The van der Waals surface area contributed by atoms with Crippen LogP contribution < -0.4 is 5.32 Å². The summed E-state index contributed by atoms with van der Waals surface area (Å²) in [4.78, 5) is 30.6. The molecule has 0 bridgehead atoms. The third-order valence-corrected chi connectivity index (χ3v) is 4.01. The quantitative estimate of drug-likeness (QED) is 0.835. The highest BCUT2D eigenvalue weighted by molar-refractivity contribution is 6.03. The molecular formula is C20H25N3O2. The van der Waals surface area contributed by atoms with Crippen molar-refractivity contribution < 1.29 is 9.59 Å². The molecule has 5 nitrogen and oxygen atoms in total. The van der Waals surface area contributed by atoms with Gasteiger partial charge in [0, 0.05) is 19.3 Å². The first kappa shape index (κ1) is 18.6. The molecule has 2 amide bonds. The summed E-state index contributed by atoms with van der Waals surface area (Å²) in [7, 11) is 1.75. The van der Waals surface area contributed by atoms with Crippen molar-refractivity contribution in [2.24, 2.45) is 0 Å². The highest BCUT2D eigenvalue weighted by Gasteiger charge is 2.15. The average molecular weight is 339 g/mol. The van der Waals surface area contributed by atoms with Crippen molar-refractivity contribution in [3.05, 3.63) is 59.4 Å². The summed E-state index contributed by atoms with van der Waals surface area (Å²) in [5, 5.41) is 2.81. The number of nitrogens with zero attached hydrogens (tertiary/aromatic N) is 2. The van der Waals surface area contributed by atoms with Gasteiger partial charge in [0.15, 0.2) is 0 Å². The predicted molar refractivity (Wildman–Crippen MR) is 99.9 cm³/mol. The number of carbonyl (C=O) groups excluding carboxylic acids is 2. The third-order valence-electron chi connectivity index (χ3n) is 4.01. The van der Waals surface area contributed by atoms with Gasteiger partial charge in [-0.25, -0.2) is 4.98 Å². The molecule has 0 spiro atoms. The van der Waals surface area contributed by atoms with Crippen molar-refractivity contribution >= 4 is 17.5 Å². The van der Waals surface area contributed by atoms with E-state index in [1.165, 1.54) is 5.56 Å². The Bertz CT molecular complexity index is 726. The Hall–Kier alpha value is -2.69. The first-order valence-corrected chi connectivity index (χ1v) is 8.68. The van der Waals surface area contributed by atoms with Crippen LogP contribution in [0.5, 0.6) is 0 Å². The van der Waals surface area contributed by atoms with E-state index in [-0.39, 0.29) is 23.2 Å². The van der Waals surface area contributed by atoms with Gasteiger partial charge in [-0.2, -0.15) is 0 Å². The van der Waals surface area contributed by atoms with Crippen LogP contribution in [0, 0.1) is 0 Å². The lowest BCUT2D eigenvalue weighted by Gasteiger charge is -2.16. The Kier molecular flexibility index (Phi) is 6.69. The Morgan fingerprint density at radius 3 is 2.36 bits per heavy atom. The molecule has 2 aromatic rings. The van der Waals surface area contributed by atoms with Crippen molar-refractivity contribution in [3.8, 4) is 0 Å². The Morgan fingerprint density at radius 2 is 1.72 bits per heavy atom. The minimum absolute atomic E-state index is 0.171. The number of carbonyl (C=O) groups is 2. The van der Waals surface area contributed by atoms with Gasteiger partial charge in [0.1, 0.15) is 11.4 Å². The number of aryl methyl sites for hydroxylation is 1. The van der Waals surface area contributed by atoms with Crippen molar-refractivity contribution in [1.29, 1.82) is 0 Å². The summed E-state index contributed by atoms with van der Waals surface area (Å²) in [5.74, 6) is -0.495. The summed E-state index contributed by atoms with van der Waals surface area (Å²) < 4.78 is 0. The molecule has 0 atom stereocenters. The number of rotatable bonds is 7. The summed E-state index contributed by atoms with van der Waals surface area (Å²) in [6, 6.07) is 12.6. The molecule has 1 aromatic carbocycles. The summed E-state index contributed by atoms with van der Waals surface area (Å²) in [5.41, 5.74) is 2.43. The molecule has 132 valence electrons. The molecule has 0 saturated heterocycles. The van der Waals surface area contributed by atoms with Crippen LogP contribution in [-0.4, -0.2) is 35.3 Å². The number of nitrogens with one attached hydrogen (secondary N) is 1. The highest BCUT2D eigenvalue weighted by Crippen LogP contribution is 2.12. The lowest BCUT2D eigenvalue weighted by molar-refractivity contribution is 0.0787. The van der Waals surface area contributed by atoms with E-state index in [2.05, 4.69) is 24.1 Å². The SMILES string of the molecule is CCCCN(C)C(=O)c1cccc(C(=O)Nc2ccc(CC)cc2)n1.